The van der Waals surface area contributed by atoms with Crippen molar-refractivity contribution in [3.05, 3.63) is 59.7 Å². The highest BCUT2D eigenvalue weighted by Gasteiger charge is 2.44. The van der Waals surface area contributed by atoms with Gasteiger partial charge in [0, 0.05) is 11.4 Å². The van der Waals surface area contributed by atoms with Crippen molar-refractivity contribution in [1.29, 1.82) is 0 Å². The number of urea groups is 1. The van der Waals surface area contributed by atoms with Crippen molar-refractivity contribution in [2.75, 3.05) is 16.8 Å². The molecular formula is C21H23N3O3. The molecule has 0 saturated carbocycles. The van der Waals surface area contributed by atoms with Crippen molar-refractivity contribution < 1.29 is 14.4 Å². The van der Waals surface area contributed by atoms with Gasteiger partial charge in [0.05, 0.1) is 0 Å². The lowest BCUT2D eigenvalue weighted by Crippen LogP contribution is -2.39. The first-order valence-electron chi connectivity index (χ1n) is 9.01. The molecule has 4 amide bonds. The molecule has 6 nitrogen and oxygen atoms in total. The predicted molar refractivity (Wildman–Crippen MR) is 105 cm³/mol. The Balaban J connectivity index is 1.75. The van der Waals surface area contributed by atoms with Crippen LogP contribution >= 0.6 is 0 Å². The molecule has 1 fully saturated rings. The number of para-hydroxylation sites is 1. The zero-order valence-corrected chi connectivity index (χ0v) is 15.7. The molecule has 0 unspecified atom stereocenters. The Morgan fingerprint density at radius 1 is 1.07 bits per heavy atom. The van der Waals surface area contributed by atoms with E-state index in [0.717, 1.165) is 22.4 Å². The molecule has 0 aliphatic carbocycles. The lowest BCUT2D eigenvalue weighted by atomic mass is 10.1. The molecule has 2 aromatic rings. The van der Waals surface area contributed by atoms with Crippen molar-refractivity contribution in [3.8, 4) is 0 Å². The van der Waals surface area contributed by atoms with E-state index in [4.69, 9.17) is 0 Å². The smallest absolute Gasteiger partial charge is 0.324 e. The molecule has 0 bridgehead atoms. The Kier molecular flexibility index (Phi) is 5.26. The van der Waals surface area contributed by atoms with Gasteiger partial charge in [0.25, 0.3) is 5.91 Å². The van der Waals surface area contributed by atoms with Crippen LogP contribution in [-0.4, -0.2) is 35.3 Å². The van der Waals surface area contributed by atoms with Crippen LogP contribution in [-0.2, 0) is 16.0 Å². The molecule has 0 aromatic heterocycles. The van der Waals surface area contributed by atoms with Crippen LogP contribution in [0.15, 0.2) is 48.5 Å². The molecule has 1 atom stereocenters. The predicted octanol–water partition coefficient (Wildman–Crippen LogP) is 3.35. The van der Waals surface area contributed by atoms with Crippen LogP contribution in [0.3, 0.4) is 0 Å². The van der Waals surface area contributed by atoms with Gasteiger partial charge in [-0.15, -0.1) is 0 Å². The van der Waals surface area contributed by atoms with Crippen molar-refractivity contribution >= 4 is 29.2 Å². The standard InChI is InChI=1S/C21H23N3O3/c1-4-16-7-5-6-8-18(16)22-19(25)13-23-20(26)15(3)24(21(23)27)17-11-9-14(2)10-12-17/h5-12,15H,4,13H2,1-3H3,(H,22,25)/t15-/m1/s1. The van der Waals surface area contributed by atoms with Gasteiger partial charge in [-0.25, -0.2) is 4.79 Å². The van der Waals surface area contributed by atoms with Gasteiger partial charge in [0.2, 0.25) is 5.91 Å². The quantitative estimate of drug-likeness (QED) is 0.826. The molecule has 1 saturated heterocycles. The fourth-order valence-corrected chi connectivity index (χ4v) is 3.19. The summed E-state index contributed by atoms with van der Waals surface area (Å²) < 4.78 is 0. The molecule has 27 heavy (non-hydrogen) atoms. The van der Waals surface area contributed by atoms with E-state index in [0.29, 0.717) is 11.4 Å². The summed E-state index contributed by atoms with van der Waals surface area (Å²) in [6.45, 7) is 5.32. The third-order valence-electron chi connectivity index (χ3n) is 4.73. The van der Waals surface area contributed by atoms with Crippen molar-refractivity contribution in [1.82, 2.24) is 4.90 Å². The zero-order valence-electron chi connectivity index (χ0n) is 15.7. The number of benzene rings is 2. The molecule has 3 rings (SSSR count). The van der Waals surface area contributed by atoms with Crippen LogP contribution in [0.25, 0.3) is 0 Å². The minimum absolute atomic E-state index is 0.303. The van der Waals surface area contributed by atoms with E-state index >= 15 is 0 Å². The summed E-state index contributed by atoms with van der Waals surface area (Å²) in [5.41, 5.74) is 3.41. The third-order valence-corrected chi connectivity index (χ3v) is 4.73. The van der Waals surface area contributed by atoms with Crippen molar-refractivity contribution in [3.63, 3.8) is 0 Å². The average molecular weight is 365 g/mol. The molecule has 1 aliphatic heterocycles. The highest BCUT2D eigenvalue weighted by molar-refractivity contribution is 6.16. The second-order valence-corrected chi connectivity index (χ2v) is 6.65. The number of nitrogens with one attached hydrogen (secondary N) is 1. The highest BCUT2D eigenvalue weighted by atomic mass is 16.2. The minimum atomic E-state index is -0.643. The molecular weight excluding hydrogens is 342 g/mol. The largest absolute Gasteiger partial charge is 0.332 e. The number of imide groups is 1. The van der Waals surface area contributed by atoms with Crippen molar-refractivity contribution in [2.45, 2.75) is 33.2 Å². The first-order chi connectivity index (χ1) is 12.9. The Morgan fingerprint density at radius 3 is 2.41 bits per heavy atom. The number of hydrogen-bond acceptors (Lipinski definition) is 3. The average Bonchev–Trinajstić information content (AvgIpc) is 2.86. The fourth-order valence-electron chi connectivity index (χ4n) is 3.19. The topological polar surface area (TPSA) is 69.7 Å². The van der Waals surface area contributed by atoms with Gasteiger partial charge in [-0.05, 0) is 44.0 Å². The van der Waals surface area contributed by atoms with E-state index in [1.165, 1.54) is 4.90 Å². The minimum Gasteiger partial charge on any atom is -0.324 e. The Bertz CT molecular complexity index is 876. The number of amides is 4. The highest BCUT2D eigenvalue weighted by Crippen LogP contribution is 2.26. The first-order valence-corrected chi connectivity index (χ1v) is 9.01. The second-order valence-electron chi connectivity index (χ2n) is 6.65. The van der Waals surface area contributed by atoms with E-state index in [9.17, 15) is 14.4 Å². The van der Waals surface area contributed by atoms with Gasteiger partial charge in [0.15, 0.2) is 0 Å². The number of rotatable bonds is 5. The molecule has 1 heterocycles. The maximum Gasteiger partial charge on any atom is 0.332 e. The van der Waals surface area contributed by atoms with Crippen LogP contribution < -0.4 is 10.2 Å². The van der Waals surface area contributed by atoms with Crippen LogP contribution in [0.4, 0.5) is 16.2 Å². The molecule has 0 spiro atoms. The summed E-state index contributed by atoms with van der Waals surface area (Å²) in [5.74, 6) is -0.768. The molecule has 6 heteroatoms. The summed E-state index contributed by atoms with van der Waals surface area (Å²) >= 11 is 0. The van der Waals surface area contributed by atoms with Gasteiger partial charge < -0.3 is 5.32 Å². The van der Waals surface area contributed by atoms with Gasteiger partial charge in [-0.3, -0.25) is 19.4 Å². The fraction of sp³-hybridized carbons (Fsp3) is 0.286. The second kappa shape index (κ2) is 7.61. The van der Waals surface area contributed by atoms with Crippen LogP contribution in [0.1, 0.15) is 25.0 Å². The monoisotopic (exact) mass is 365 g/mol. The first kappa shape index (κ1) is 18.6. The SMILES string of the molecule is CCc1ccccc1NC(=O)CN1C(=O)[C@@H](C)N(c2ccc(C)cc2)C1=O. The van der Waals surface area contributed by atoms with E-state index in [2.05, 4.69) is 5.32 Å². The number of carbonyl (C=O) groups is 3. The van der Waals surface area contributed by atoms with E-state index in [-0.39, 0.29) is 12.5 Å². The number of anilines is 2. The van der Waals surface area contributed by atoms with E-state index in [1.807, 2.05) is 50.2 Å². The maximum absolute atomic E-state index is 12.8. The number of carbonyl (C=O) groups excluding carboxylic acids is 3. The normalized spacial score (nSPS) is 16.8. The lowest BCUT2D eigenvalue weighted by molar-refractivity contribution is -0.130. The summed E-state index contributed by atoms with van der Waals surface area (Å²) in [6, 6.07) is 13.7. The molecule has 0 radical (unpaired) electrons. The summed E-state index contributed by atoms with van der Waals surface area (Å²) in [7, 11) is 0. The van der Waals surface area contributed by atoms with Crippen LogP contribution in [0.2, 0.25) is 0 Å². The summed E-state index contributed by atoms with van der Waals surface area (Å²) in [5, 5.41) is 2.80. The number of hydrogen-bond donors (Lipinski definition) is 1. The maximum atomic E-state index is 12.8. The molecule has 140 valence electrons. The Labute approximate surface area is 158 Å². The Morgan fingerprint density at radius 2 is 1.74 bits per heavy atom. The van der Waals surface area contributed by atoms with Crippen molar-refractivity contribution in [2.24, 2.45) is 0 Å². The Hall–Kier alpha value is -3.15. The van der Waals surface area contributed by atoms with Gasteiger partial charge in [-0.2, -0.15) is 0 Å². The van der Waals surface area contributed by atoms with E-state index < -0.39 is 18.0 Å². The number of nitrogens with zero attached hydrogens (tertiary/aromatic N) is 2. The molecule has 1 N–H and O–H groups in total. The van der Waals surface area contributed by atoms with Gasteiger partial charge in [0.1, 0.15) is 12.6 Å². The van der Waals surface area contributed by atoms with Gasteiger partial charge >= 0.3 is 6.03 Å². The lowest BCUT2D eigenvalue weighted by Gasteiger charge is -2.19. The number of aryl methyl sites for hydroxylation is 2. The van der Waals surface area contributed by atoms with Gasteiger partial charge in [-0.1, -0.05) is 42.8 Å². The van der Waals surface area contributed by atoms with Crippen LogP contribution in [0.5, 0.6) is 0 Å². The molecule has 2 aromatic carbocycles. The van der Waals surface area contributed by atoms with E-state index in [1.54, 1.807) is 19.1 Å². The summed E-state index contributed by atoms with van der Waals surface area (Å²) in [4.78, 5) is 40.2. The summed E-state index contributed by atoms with van der Waals surface area (Å²) in [6.07, 6.45) is 0.774. The third kappa shape index (κ3) is 3.69. The van der Waals surface area contributed by atoms with Crippen LogP contribution in [0, 0.1) is 6.92 Å². The molecule has 1 aliphatic rings. The zero-order chi connectivity index (χ0) is 19.6.